The molecule has 1 aliphatic carbocycles. The number of nitrogens with zero attached hydrogens (tertiary/aromatic N) is 5. The largest absolute Gasteiger partial charge is 0.384 e. The van der Waals surface area contributed by atoms with E-state index in [1.165, 1.54) is 11.3 Å². The molecule has 0 bridgehead atoms. The first-order valence-electron chi connectivity index (χ1n) is 8.91. The van der Waals surface area contributed by atoms with Gasteiger partial charge in [-0.05, 0) is 31.4 Å². The lowest BCUT2D eigenvalue weighted by Crippen LogP contribution is -2.43. The summed E-state index contributed by atoms with van der Waals surface area (Å²) in [6.45, 7) is 1.88. The molecule has 0 spiro atoms. The second kappa shape index (κ2) is 5.99. The number of pyridine rings is 1. The third-order valence-corrected chi connectivity index (χ3v) is 6.80. The molecule has 0 radical (unpaired) electrons. The van der Waals surface area contributed by atoms with E-state index in [0.29, 0.717) is 16.3 Å². The summed E-state index contributed by atoms with van der Waals surface area (Å²) in [6.07, 6.45) is 3.07. The van der Waals surface area contributed by atoms with Gasteiger partial charge in [-0.2, -0.15) is 5.10 Å². The van der Waals surface area contributed by atoms with Crippen LogP contribution in [-0.2, 0) is 12.6 Å². The van der Waals surface area contributed by atoms with Gasteiger partial charge in [0.2, 0.25) is 6.43 Å². The molecule has 1 fully saturated rings. The van der Waals surface area contributed by atoms with Crippen LogP contribution in [0.1, 0.15) is 23.3 Å². The Morgan fingerprint density at radius 3 is 2.82 bits per heavy atom. The normalized spacial score (nSPS) is 22.3. The molecule has 4 heterocycles. The monoisotopic (exact) mass is 401 g/mol. The van der Waals surface area contributed by atoms with Crippen molar-refractivity contribution in [3.05, 3.63) is 35.1 Å². The second-order valence-corrected chi connectivity index (χ2v) is 8.44. The molecule has 0 unspecified atom stereocenters. The summed E-state index contributed by atoms with van der Waals surface area (Å²) in [4.78, 5) is 14.9. The Kier molecular flexibility index (Phi) is 3.76. The van der Waals surface area contributed by atoms with E-state index in [2.05, 4.69) is 20.1 Å². The lowest BCUT2D eigenvalue weighted by Gasteiger charge is -2.43. The Balaban J connectivity index is 1.54. The van der Waals surface area contributed by atoms with E-state index in [9.17, 15) is 13.9 Å². The molecule has 0 aliphatic heterocycles. The summed E-state index contributed by atoms with van der Waals surface area (Å²) in [5.41, 5.74) is 1.10. The third kappa shape index (κ3) is 2.61. The molecule has 0 aromatic carbocycles. The van der Waals surface area contributed by atoms with Crippen LogP contribution in [0.5, 0.6) is 0 Å². The first kappa shape index (κ1) is 17.6. The molecule has 1 N–H and O–H groups in total. The number of aryl methyl sites for hydroxylation is 2. The van der Waals surface area contributed by atoms with Crippen molar-refractivity contribution in [2.24, 2.45) is 13.0 Å². The predicted molar refractivity (Wildman–Crippen MR) is 102 cm³/mol. The molecule has 144 valence electrons. The molecule has 6 nitrogen and oxygen atoms in total. The Labute approximate surface area is 162 Å². The van der Waals surface area contributed by atoms with Crippen molar-refractivity contribution in [1.29, 1.82) is 0 Å². The van der Waals surface area contributed by atoms with Crippen LogP contribution >= 0.6 is 11.3 Å². The molecule has 0 amide bonds. The minimum atomic E-state index is -2.39. The SMILES string of the molecule is Cc1c(C2(O)CC(C(F)F)C2)sc2nc(-c3cnc4nn(C)cc4c3)ncc12. The smallest absolute Gasteiger partial charge is 0.241 e. The molecule has 0 saturated heterocycles. The van der Waals surface area contributed by atoms with E-state index in [1.54, 1.807) is 17.1 Å². The molecule has 0 atom stereocenters. The highest BCUT2D eigenvalue weighted by Crippen LogP contribution is 2.52. The quantitative estimate of drug-likeness (QED) is 0.565. The fourth-order valence-electron chi connectivity index (χ4n) is 3.91. The summed E-state index contributed by atoms with van der Waals surface area (Å²) in [5, 5.41) is 16.8. The number of alkyl halides is 2. The van der Waals surface area contributed by atoms with Gasteiger partial charge in [-0.25, -0.2) is 23.7 Å². The standard InChI is InChI=1S/C19H17F2N5OS/c1-9-13-7-23-16(10-3-11-8-26(2)25-17(11)22-6-10)24-18(13)28-14(9)19(27)4-12(5-19)15(20)21/h3,6-8,12,15,27H,4-5H2,1-2H3. The van der Waals surface area contributed by atoms with Gasteiger partial charge in [0, 0.05) is 52.8 Å². The van der Waals surface area contributed by atoms with E-state index < -0.39 is 17.9 Å². The van der Waals surface area contributed by atoms with Crippen LogP contribution < -0.4 is 0 Å². The molecular formula is C19H17F2N5OS. The van der Waals surface area contributed by atoms with E-state index in [0.717, 1.165) is 26.7 Å². The summed E-state index contributed by atoms with van der Waals surface area (Å²) < 4.78 is 27.4. The molecule has 4 aromatic rings. The van der Waals surface area contributed by atoms with Crippen molar-refractivity contribution in [2.75, 3.05) is 0 Å². The average molecular weight is 401 g/mol. The summed E-state index contributed by atoms with van der Waals surface area (Å²) >= 11 is 1.35. The number of fused-ring (bicyclic) bond motifs is 2. The predicted octanol–water partition coefficient (Wildman–Crippen LogP) is 3.81. The number of halogens is 2. The summed E-state index contributed by atoms with van der Waals surface area (Å²) in [6, 6.07) is 1.94. The molecule has 1 aliphatic rings. The molecule has 9 heteroatoms. The van der Waals surface area contributed by atoms with Crippen molar-refractivity contribution in [2.45, 2.75) is 31.8 Å². The summed E-state index contributed by atoms with van der Waals surface area (Å²) in [7, 11) is 1.84. The van der Waals surface area contributed by atoms with Crippen LogP contribution in [0.2, 0.25) is 0 Å². The Morgan fingerprint density at radius 2 is 2.07 bits per heavy atom. The highest BCUT2D eigenvalue weighted by molar-refractivity contribution is 7.19. The first-order valence-corrected chi connectivity index (χ1v) is 9.72. The number of thiophene rings is 1. The van der Waals surface area contributed by atoms with Crippen LogP contribution in [0.3, 0.4) is 0 Å². The highest BCUT2D eigenvalue weighted by atomic mass is 32.1. The van der Waals surface area contributed by atoms with Gasteiger partial charge in [-0.1, -0.05) is 0 Å². The van der Waals surface area contributed by atoms with E-state index in [4.69, 9.17) is 0 Å². The maximum Gasteiger partial charge on any atom is 0.241 e. The third-order valence-electron chi connectivity index (χ3n) is 5.41. The zero-order valence-corrected chi connectivity index (χ0v) is 16.0. The van der Waals surface area contributed by atoms with Crippen LogP contribution in [0, 0.1) is 12.8 Å². The highest BCUT2D eigenvalue weighted by Gasteiger charge is 2.49. The molecule has 28 heavy (non-hydrogen) atoms. The van der Waals surface area contributed by atoms with E-state index in [1.807, 2.05) is 26.2 Å². The van der Waals surface area contributed by atoms with Crippen molar-refractivity contribution >= 4 is 32.6 Å². The van der Waals surface area contributed by atoms with Crippen LogP contribution in [0.4, 0.5) is 8.78 Å². The minimum Gasteiger partial charge on any atom is -0.384 e. The lowest BCUT2D eigenvalue weighted by molar-refractivity contribution is -0.124. The second-order valence-electron chi connectivity index (χ2n) is 7.44. The lowest BCUT2D eigenvalue weighted by atomic mass is 9.69. The van der Waals surface area contributed by atoms with Gasteiger partial charge in [0.05, 0.1) is 0 Å². The van der Waals surface area contributed by atoms with Crippen molar-refractivity contribution in [1.82, 2.24) is 24.7 Å². The zero-order chi connectivity index (χ0) is 19.6. The number of hydrogen-bond donors (Lipinski definition) is 1. The molecule has 4 aromatic heterocycles. The Bertz CT molecular complexity index is 1210. The Morgan fingerprint density at radius 1 is 1.29 bits per heavy atom. The van der Waals surface area contributed by atoms with E-state index in [-0.39, 0.29) is 12.8 Å². The van der Waals surface area contributed by atoms with Gasteiger partial charge in [0.25, 0.3) is 0 Å². The maximum atomic E-state index is 12.9. The van der Waals surface area contributed by atoms with Crippen LogP contribution in [0.25, 0.3) is 32.6 Å². The molecule has 1 saturated carbocycles. The van der Waals surface area contributed by atoms with Crippen molar-refractivity contribution in [3.63, 3.8) is 0 Å². The number of aromatic nitrogens is 5. The number of hydrogen-bond acceptors (Lipinski definition) is 6. The fourth-order valence-corrected chi connectivity index (χ4v) is 5.17. The van der Waals surface area contributed by atoms with Gasteiger partial charge in [-0.15, -0.1) is 11.3 Å². The molecule has 5 rings (SSSR count). The maximum absolute atomic E-state index is 12.9. The van der Waals surface area contributed by atoms with Crippen LogP contribution in [0.15, 0.2) is 24.7 Å². The number of aliphatic hydroxyl groups is 1. The summed E-state index contributed by atoms with van der Waals surface area (Å²) in [5.74, 6) is -0.210. The Hall–Kier alpha value is -2.52. The number of rotatable bonds is 3. The fraction of sp³-hybridized carbons (Fsp3) is 0.368. The van der Waals surface area contributed by atoms with Crippen molar-refractivity contribution < 1.29 is 13.9 Å². The average Bonchev–Trinajstić information content (AvgIpc) is 3.17. The van der Waals surface area contributed by atoms with Crippen molar-refractivity contribution in [3.8, 4) is 11.4 Å². The van der Waals surface area contributed by atoms with Gasteiger partial charge < -0.3 is 5.11 Å². The van der Waals surface area contributed by atoms with Gasteiger partial charge in [-0.3, -0.25) is 4.68 Å². The van der Waals surface area contributed by atoms with E-state index >= 15 is 0 Å². The van der Waals surface area contributed by atoms with Gasteiger partial charge in [0.1, 0.15) is 10.4 Å². The van der Waals surface area contributed by atoms with Gasteiger partial charge in [0.15, 0.2) is 11.5 Å². The topological polar surface area (TPSA) is 76.7 Å². The zero-order valence-electron chi connectivity index (χ0n) is 15.2. The van der Waals surface area contributed by atoms with Gasteiger partial charge >= 0.3 is 0 Å². The minimum absolute atomic E-state index is 0.0835. The molecular weight excluding hydrogens is 384 g/mol. The van der Waals surface area contributed by atoms with Crippen LogP contribution in [-0.4, -0.2) is 36.3 Å². The first-order chi connectivity index (χ1) is 13.3.